The Bertz CT molecular complexity index is 784. The van der Waals surface area contributed by atoms with Crippen molar-refractivity contribution in [2.75, 3.05) is 0 Å². The van der Waals surface area contributed by atoms with Gasteiger partial charge in [-0.3, -0.25) is 4.79 Å². The van der Waals surface area contributed by atoms with Gasteiger partial charge in [-0.2, -0.15) is 0 Å². The number of aromatic carboxylic acids is 1. The molecule has 1 heterocycles. The van der Waals surface area contributed by atoms with Crippen molar-refractivity contribution in [2.24, 2.45) is 0 Å². The number of rotatable bonds is 3. The molecule has 110 valence electrons. The van der Waals surface area contributed by atoms with Crippen molar-refractivity contribution in [3.05, 3.63) is 59.7 Å². The normalized spacial score (nSPS) is 16.8. The van der Waals surface area contributed by atoms with E-state index in [9.17, 15) is 19.5 Å². The number of thioether (sulfide) groups is 1. The Hall–Kier alpha value is -2.60. The number of carboxylic acids is 1. The quantitative estimate of drug-likeness (QED) is 0.533. The summed E-state index contributed by atoms with van der Waals surface area (Å²) in [5, 5.41) is 8.07. The topological polar surface area (TPSA) is 80.7 Å². The summed E-state index contributed by atoms with van der Waals surface area (Å²) in [7, 11) is 0. The van der Waals surface area contributed by atoms with E-state index in [2.05, 4.69) is 0 Å². The van der Waals surface area contributed by atoms with Gasteiger partial charge in [0.1, 0.15) is 5.75 Å². The summed E-state index contributed by atoms with van der Waals surface area (Å²) in [4.78, 5) is 36.0. The predicted octanol–water partition coefficient (Wildman–Crippen LogP) is 2.65. The molecule has 3 rings (SSSR count). The Balaban J connectivity index is 1.95. The second-order valence-electron chi connectivity index (χ2n) is 4.58. The average molecular weight is 314 g/mol. The molecular weight excluding hydrogens is 304 g/mol. The number of hydrogen-bond donors (Lipinski definition) is 1. The minimum absolute atomic E-state index is 0.0481. The van der Waals surface area contributed by atoms with Gasteiger partial charge in [0.05, 0.1) is 11.1 Å². The molecule has 1 atom stereocenters. The Kier molecular flexibility index (Phi) is 3.68. The molecule has 5 nitrogen and oxygen atoms in total. The lowest BCUT2D eigenvalue weighted by Gasteiger charge is -2.22. The second-order valence-corrected chi connectivity index (χ2v) is 5.73. The maximum absolute atomic E-state index is 12.4. The van der Waals surface area contributed by atoms with Crippen LogP contribution in [-0.4, -0.2) is 28.1 Å². The van der Waals surface area contributed by atoms with Gasteiger partial charge in [0.2, 0.25) is 0 Å². The molecule has 0 aromatic heterocycles. The lowest BCUT2D eigenvalue weighted by Crippen LogP contribution is -2.36. The largest absolute Gasteiger partial charge is 0.478 e. The van der Waals surface area contributed by atoms with Crippen LogP contribution >= 0.6 is 11.8 Å². The van der Waals surface area contributed by atoms with Crippen LogP contribution in [0.5, 0.6) is 5.75 Å². The fourth-order valence-corrected chi connectivity index (χ4v) is 3.22. The minimum atomic E-state index is -1.11. The summed E-state index contributed by atoms with van der Waals surface area (Å²) in [5.41, 5.74) is 0.374. The van der Waals surface area contributed by atoms with Crippen molar-refractivity contribution >= 4 is 29.5 Å². The van der Waals surface area contributed by atoms with Crippen LogP contribution in [0.1, 0.15) is 20.7 Å². The molecule has 2 aromatic carbocycles. The number of esters is 1. The Labute approximate surface area is 129 Å². The zero-order valence-corrected chi connectivity index (χ0v) is 12.0. The molecule has 0 saturated carbocycles. The number of carbonyl (C=O) groups excluding carboxylic acids is 2. The molecule has 22 heavy (non-hydrogen) atoms. The number of benzene rings is 2. The number of fused-ring (bicyclic) bond motifs is 1. The van der Waals surface area contributed by atoms with E-state index in [1.165, 1.54) is 6.07 Å². The van der Waals surface area contributed by atoms with Crippen molar-refractivity contribution < 1.29 is 24.2 Å². The highest BCUT2D eigenvalue weighted by atomic mass is 32.2. The van der Waals surface area contributed by atoms with Gasteiger partial charge in [0.15, 0.2) is 11.0 Å². The van der Waals surface area contributed by atoms with Crippen LogP contribution in [-0.2, 0) is 4.79 Å². The van der Waals surface area contributed by atoms with Gasteiger partial charge in [0, 0.05) is 4.90 Å². The van der Waals surface area contributed by atoms with E-state index in [4.69, 9.17) is 4.74 Å². The van der Waals surface area contributed by atoms with Gasteiger partial charge in [-0.15, -0.1) is 11.8 Å². The molecule has 1 unspecified atom stereocenters. The zero-order valence-electron chi connectivity index (χ0n) is 11.2. The first kappa shape index (κ1) is 14.3. The SMILES string of the molecule is O=C(O)c1ccccc1SC1C(=O)Oc2ccccc2C1=O. The van der Waals surface area contributed by atoms with Crippen LogP contribution in [0.3, 0.4) is 0 Å². The third kappa shape index (κ3) is 2.48. The smallest absolute Gasteiger partial charge is 0.336 e. The average Bonchev–Trinajstić information content (AvgIpc) is 2.51. The van der Waals surface area contributed by atoms with E-state index in [0.717, 1.165) is 11.8 Å². The third-order valence-electron chi connectivity index (χ3n) is 3.18. The van der Waals surface area contributed by atoms with Crippen molar-refractivity contribution in [3.8, 4) is 5.75 Å². The monoisotopic (exact) mass is 314 g/mol. The van der Waals surface area contributed by atoms with E-state index in [1.807, 2.05) is 0 Å². The second kappa shape index (κ2) is 5.65. The summed E-state index contributed by atoms with van der Waals surface area (Å²) in [6.07, 6.45) is 0. The number of carbonyl (C=O) groups is 3. The molecule has 0 fully saturated rings. The maximum Gasteiger partial charge on any atom is 0.336 e. The Morgan fingerprint density at radius 3 is 2.50 bits per heavy atom. The molecule has 6 heteroatoms. The van der Waals surface area contributed by atoms with E-state index >= 15 is 0 Å². The molecule has 2 aromatic rings. The molecule has 0 aliphatic carbocycles. The molecule has 1 aliphatic rings. The Morgan fingerprint density at radius 2 is 1.73 bits per heavy atom. The van der Waals surface area contributed by atoms with Gasteiger partial charge in [-0.05, 0) is 24.3 Å². The number of para-hydroxylation sites is 1. The fraction of sp³-hybridized carbons (Fsp3) is 0.0625. The molecule has 1 aliphatic heterocycles. The van der Waals surface area contributed by atoms with E-state index < -0.39 is 17.2 Å². The molecule has 0 radical (unpaired) electrons. The number of ether oxygens (including phenoxy) is 1. The van der Waals surface area contributed by atoms with Crippen molar-refractivity contribution in [2.45, 2.75) is 10.1 Å². The number of Topliss-reactive ketones (excluding diaryl/α,β-unsaturated/α-hetero) is 1. The lowest BCUT2D eigenvalue weighted by atomic mass is 10.0. The van der Waals surface area contributed by atoms with Gasteiger partial charge in [-0.1, -0.05) is 24.3 Å². The molecule has 0 saturated heterocycles. The highest BCUT2D eigenvalue weighted by molar-refractivity contribution is 8.01. The molecule has 1 N–H and O–H groups in total. The van der Waals surface area contributed by atoms with Crippen LogP contribution in [0.25, 0.3) is 0 Å². The molecule has 0 amide bonds. The van der Waals surface area contributed by atoms with Gasteiger partial charge in [0.25, 0.3) is 0 Å². The summed E-state index contributed by atoms with van der Waals surface area (Å²) in [6, 6.07) is 12.7. The molecule has 0 bridgehead atoms. The number of carboxylic acid groups (broad SMARTS) is 1. The predicted molar refractivity (Wildman–Crippen MR) is 79.5 cm³/mol. The number of ketones is 1. The van der Waals surface area contributed by atoms with Crippen molar-refractivity contribution in [1.82, 2.24) is 0 Å². The third-order valence-corrected chi connectivity index (χ3v) is 4.43. The minimum Gasteiger partial charge on any atom is -0.478 e. The molecular formula is C16H10O5S. The van der Waals surface area contributed by atoms with E-state index in [-0.39, 0.29) is 17.1 Å². The van der Waals surface area contributed by atoms with Crippen LogP contribution < -0.4 is 4.74 Å². The highest BCUT2D eigenvalue weighted by Crippen LogP contribution is 2.35. The Morgan fingerprint density at radius 1 is 1.05 bits per heavy atom. The van der Waals surface area contributed by atoms with Crippen LogP contribution in [0.15, 0.2) is 53.4 Å². The maximum atomic E-state index is 12.4. The van der Waals surface area contributed by atoms with Gasteiger partial charge >= 0.3 is 11.9 Å². The lowest BCUT2D eigenvalue weighted by molar-refractivity contribution is -0.133. The van der Waals surface area contributed by atoms with E-state index in [1.54, 1.807) is 42.5 Å². The summed E-state index contributed by atoms with van der Waals surface area (Å²) in [5.74, 6) is -1.94. The first-order valence-electron chi connectivity index (χ1n) is 6.42. The highest BCUT2D eigenvalue weighted by Gasteiger charge is 2.37. The first-order chi connectivity index (χ1) is 10.6. The van der Waals surface area contributed by atoms with Crippen LogP contribution in [0.2, 0.25) is 0 Å². The number of hydrogen-bond acceptors (Lipinski definition) is 5. The van der Waals surface area contributed by atoms with Crippen molar-refractivity contribution in [3.63, 3.8) is 0 Å². The first-order valence-corrected chi connectivity index (χ1v) is 7.30. The molecule has 0 spiro atoms. The summed E-state index contributed by atoms with van der Waals surface area (Å²) < 4.78 is 5.16. The fourth-order valence-electron chi connectivity index (χ4n) is 2.14. The van der Waals surface area contributed by atoms with Crippen LogP contribution in [0.4, 0.5) is 0 Å². The standard InChI is InChI=1S/C16H10O5S/c17-13-9-5-1-3-7-11(9)21-16(20)14(13)22-12-8-4-2-6-10(12)15(18)19/h1-8,14H,(H,18,19). The van der Waals surface area contributed by atoms with Gasteiger partial charge in [-0.25, -0.2) is 9.59 Å². The van der Waals surface area contributed by atoms with Crippen molar-refractivity contribution in [1.29, 1.82) is 0 Å². The van der Waals surface area contributed by atoms with E-state index in [0.29, 0.717) is 10.5 Å². The summed E-state index contributed by atoms with van der Waals surface area (Å²) >= 11 is 0.894. The summed E-state index contributed by atoms with van der Waals surface area (Å²) in [6.45, 7) is 0. The van der Waals surface area contributed by atoms with Gasteiger partial charge < -0.3 is 9.84 Å². The van der Waals surface area contributed by atoms with Crippen LogP contribution in [0, 0.1) is 0 Å². The zero-order chi connectivity index (χ0) is 15.7.